The van der Waals surface area contributed by atoms with Gasteiger partial charge in [0.05, 0.1) is 22.2 Å². The van der Waals surface area contributed by atoms with E-state index in [9.17, 15) is 18.8 Å². The average molecular weight is 575 g/mol. The molecule has 3 rings (SSSR count). The molecule has 37 heavy (non-hydrogen) atoms. The molecule has 0 saturated heterocycles. The summed E-state index contributed by atoms with van der Waals surface area (Å²) in [5.41, 5.74) is -0.802. The number of benzene rings is 2. The summed E-state index contributed by atoms with van der Waals surface area (Å²) in [6.45, 7) is 7.84. The fraction of sp³-hybridized carbons (Fsp3) is 0.423. The molecular weight excluding hydrogens is 547 g/mol. The highest BCUT2D eigenvalue weighted by Gasteiger charge is 2.64. The van der Waals surface area contributed by atoms with Crippen molar-refractivity contribution >= 4 is 69.6 Å². The Balaban J connectivity index is 1.71. The molecule has 3 N–H and O–H groups in total. The third-order valence-corrected chi connectivity index (χ3v) is 7.60. The van der Waals surface area contributed by atoms with Crippen molar-refractivity contribution in [2.75, 3.05) is 16.0 Å². The van der Waals surface area contributed by atoms with E-state index >= 15 is 4.39 Å². The highest BCUT2D eigenvalue weighted by Crippen LogP contribution is 2.59. The van der Waals surface area contributed by atoms with Crippen LogP contribution < -0.4 is 16.0 Å². The maximum absolute atomic E-state index is 15.1. The number of amides is 3. The zero-order valence-electron chi connectivity index (χ0n) is 20.8. The molecule has 11 heteroatoms. The first kappa shape index (κ1) is 29.1. The van der Waals surface area contributed by atoms with Crippen LogP contribution in [0.3, 0.4) is 0 Å². The van der Waals surface area contributed by atoms with Gasteiger partial charge in [0.1, 0.15) is 15.8 Å². The Labute approximate surface area is 229 Å². The van der Waals surface area contributed by atoms with E-state index in [1.165, 1.54) is 18.2 Å². The summed E-state index contributed by atoms with van der Waals surface area (Å²) < 4.78 is 28.2. The fourth-order valence-electron chi connectivity index (χ4n) is 3.81. The van der Waals surface area contributed by atoms with Crippen LogP contribution in [0.4, 0.5) is 25.8 Å². The van der Waals surface area contributed by atoms with Crippen LogP contribution in [-0.4, -0.2) is 22.1 Å². The second-order valence-electron chi connectivity index (χ2n) is 10.3. The van der Waals surface area contributed by atoms with E-state index in [-0.39, 0.29) is 39.7 Å². The van der Waals surface area contributed by atoms with Crippen molar-refractivity contribution in [2.45, 2.75) is 51.3 Å². The minimum Gasteiger partial charge on any atom is -0.326 e. The molecule has 0 radical (unpaired) electrons. The second kappa shape index (κ2) is 11.1. The van der Waals surface area contributed by atoms with Crippen LogP contribution >= 0.6 is 34.8 Å². The first-order valence-corrected chi connectivity index (χ1v) is 12.8. The lowest BCUT2D eigenvalue weighted by atomic mass is 9.90. The van der Waals surface area contributed by atoms with Crippen LogP contribution in [0.15, 0.2) is 30.3 Å². The molecule has 2 unspecified atom stereocenters. The van der Waals surface area contributed by atoms with E-state index in [2.05, 4.69) is 16.0 Å². The van der Waals surface area contributed by atoms with Gasteiger partial charge < -0.3 is 16.0 Å². The minimum absolute atomic E-state index is 0.0253. The first-order valence-electron chi connectivity index (χ1n) is 11.7. The largest absolute Gasteiger partial charge is 0.326 e. The number of hydrogen-bond acceptors (Lipinski definition) is 3. The van der Waals surface area contributed by atoms with Crippen LogP contribution in [0.1, 0.15) is 57.3 Å². The van der Waals surface area contributed by atoms with Gasteiger partial charge in [0.25, 0.3) is 5.91 Å². The number of rotatable bonds is 8. The van der Waals surface area contributed by atoms with Crippen LogP contribution in [0.5, 0.6) is 0 Å². The SMILES string of the molecule is CC1C(C(=O)Nc2ccc(Cl)c(C(=O)Nc3ccc(F)c(NC(=O)CCCC(C)(C)C)c3F)c2)C1(Cl)Cl. The quantitative estimate of drug-likeness (QED) is 0.287. The molecule has 0 spiro atoms. The Bertz CT molecular complexity index is 1230. The normalized spacial score (nSPS) is 18.2. The molecule has 1 saturated carbocycles. The van der Waals surface area contributed by atoms with Crippen molar-refractivity contribution in [3.63, 3.8) is 0 Å². The molecule has 0 aromatic heterocycles. The van der Waals surface area contributed by atoms with Crippen molar-refractivity contribution in [2.24, 2.45) is 17.3 Å². The van der Waals surface area contributed by atoms with Crippen LogP contribution in [-0.2, 0) is 9.59 Å². The lowest BCUT2D eigenvalue weighted by Crippen LogP contribution is -2.19. The molecular formula is C26H28Cl3F2N3O3. The lowest BCUT2D eigenvalue weighted by molar-refractivity contribution is -0.118. The summed E-state index contributed by atoms with van der Waals surface area (Å²) in [5, 5.41) is 7.26. The number of carbonyl (C=O) groups excluding carboxylic acids is 3. The summed E-state index contributed by atoms with van der Waals surface area (Å²) in [6, 6.07) is 6.16. The van der Waals surface area contributed by atoms with Crippen molar-refractivity contribution in [1.82, 2.24) is 0 Å². The Kier molecular flexibility index (Phi) is 8.77. The molecule has 2 aromatic carbocycles. The molecule has 0 aliphatic heterocycles. The predicted molar refractivity (Wildman–Crippen MR) is 143 cm³/mol. The van der Waals surface area contributed by atoms with E-state index in [0.717, 1.165) is 18.6 Å². The van der Waals surface area contributed by atoms with E-state index < -0.39 is 45.3 Å². The average Bonchev–Trinajstić information content (AvgIpc) is 3.30. The molecule has 200 valence electrons. The Morgan fingerprint density at radius 2 is 1.68 bits per heavy atom. The van der Waals surface area contributed by atoms with Gasteiger partial charge in [-0.15, -0.1) is 23.2 Å². The molecule has 6 nitrogen and oxygen atoms in total. The summed E-state index contributed by atoms with van der Waals surface area (Å²) in [7, 11) is 0. The van der Waals surface area contributed by atoms with Gasteiger partial charge in [-0.05, 0) is 48.6 Å². The van der Waals surface area contributed by atoms with Gasteiger partial charge in [0.15, 0.2) is 5.82 Å². The zero-order chi connectivity index (χ0) is 27.7. The molecule has 3 amide bonds. The van der Waals surface area contributed by atoms with E-state index in [0.29, 0.717) is 6.42 Å². The smallest absolute Gasteiger partial charge is 0.257 e. The number of carbonyl (C=O) groups is 3. The van der Waals surface area contributed by atoms with Crippen molar-refractivity contribution < 1.29 is 23.2 Å². The Morgan fingerprint density at radius 3 is 2.27 bits per heavy atom. The van der Waals surface area contributed by atoms with Crippen LogP contribution in [0.25, 0.3) is 0 Å². The van der Waals surface area contributed by atoms with Gasteiger partial charge in [-0.25, -0.2) is 8.78 Å². The molecule has 0 heterocycles. The number of hydrogen-bond donors (Lipinski definition) is 3. The topological polar surface area (TPSA) is 87.3 Å². The van der Waals surface area contributed by atoms with E-state index in [1.807, 2.05) is 20.8 Å². The van der Waals surface area contributed by atoms with Crippen molar-refractivity contribution in [1.29, 1.82) is 0 Å². The van der Waals surface area contributed by atoms with Crippen LogP contribution in [0.2, 0.25) is 5.02 Å². The second-order valence-corrected chi connectivity index (χ2v) is 12.2. The number of nitrogens with one attached hydrogen (secondary N) is 3. The molecule has 1 aliphatic rings. The highest BCUT2D eigenvalue weighted by atomic mass is 35.5. The number of anilines is 3. The summed E-state index contributed by atoms with van der Waals surface area (Å²) in [4.78, 5) is 37.6. The molecule has 1 fully saturated rings. The minimum atomic E-state index is -1.16. The summed E-state index contributed by atoms with van der Waals surface area (Å²) in [5.74, 6) is -4.73. The third kappa shape index (κ3) is 7.12. The third-order valence-electron chi connectivity index (χ3n) is 6.11. The molecule has 2 atom stereocenters. The maximum Gasteiger partial charge on any atom is 0.257 e. The monoisotopic (exact) mass is 573 g/mol. The predicted octanol–water partition coefficient (Wildman–Crippen LogP) is 7.40. The van der Waals surface area contributed by atoms with Gasteiger partial charge in [0.2, 0.25) is 11.8 Å². The molecule has 1 aliphatic carbocycles. The van der Waals surface area contributed by atoms with Gasteiger partial charge in [-0.2, -0.15) is 0 Å². The highest BCUT2D eigenvalue weighted by molar-refractivity contribution is 6.53. The van der Waals surface area contributed by atoms with E-state index in [4.69, 9.17) is 34.8 Å². The Morgan fingerprint density at radius 1 is 1.03 bits per heavy atom. The van der Waals surface area contributed by atoms with Gasteiger partial charge >= 0.3 is 0 Å². The Hall–Kier alpha value is -2.42. The lowest BCUT2D eigenvalue weighted by Gasteiger charge is -2.17. The summed E-state index contributed by atoms with van der Waals surface area (Å²) >= 11 is 18.3. The van der Waals surface area contributed by atoms with Crippen molar-refractivity contribution in [3.05, 3.63) is 52.6 Å². The van der Waals surface area contributed by atoms with Gasteiger partial charge in [-0.1, -0.05) is 39.3 Å². The molecule has 2 aromatic rings. The van der Waals surface area contributed by atoms with Crippen molar-refractivity contribution in [3.8, 4) is 0 Å². The van der Waals surface area contributed by atoms with Crippen LogP contribution in [0, 0.1) is 28.9 Å². The van der Waals surface area contributed by atoms with Gasteiger partial charge in [-0.3, -0.25) is 14.4 Å². The summed E-state index contributed by atoms with van der Waals surface area (Å²) in [6.07, 6.45) is 1.41. The zero-order valence-corrected chi connectivity index (χ0v) is 23.0. The fourth-order valence-corrected chi connectivity index (χ4v) is 4.72. The number of alkyl halides is 2. The number of halogens is 5. The first-order chi connectivity index (χ1) is 17.1. The standard InChI is InChI=1S/C26H28Cl3F2N3O3/c1-13-20(26(13,28)29)24(37)32-14-7-8-16(27)15(12-14)23(36)33-18-10-9-17(30)22(21(18)31)34-19(35)6-5-11-25(2,3)4/h7-10,12-13,20H,5-6,11H2,1-4H3,(H,32,37)(H,33,36)(H,34,35). The molecule has 0 bridgehead atoms. The maximum atomic E-state index is 15.1. The van der Waals surface area contributed by atoms with E-state index in [1.54, 1.807) is 6.92 Å². The van der Waals surface area contributed by atoms with Gasteiger partial charge in [0, 0.05) is 18.0 Å².